The van der Waals surface area contributed by atoms with Crippen LogP contribution in [0.5, 0.6) is 0 Å². The van der Waals surface area contributed by atoms with Crippen LogP contribution in [0.4, 0.5) is 0 Å². The standard InChI is InChI=1S/C9H15NO6.3Na/c1-5(2)8(9(15)16)10(3-6(11)12)4-7(13)14;;;/h5,8H,3-4H2,1-2H3,(H,11,12)(H,13,14)(H,15,16);;;/q;3*+1/p-3/t8-;;;/m0.../s1. The van der Waals surface area contributed by atoms with Crippen molar-refractivity contribution in [3.05, 3.63) is 0 Å². The zero-order valence-corrected chi connectivity index (χ0v) is 18.0. The Morgan fingerprint density at radius 2 is 1.21 bits per heavy atom. The van der Waals surface area contributed by atoms with Gasteiger partial charge in [0.25, 0.3) is 0 Å². The molecule has 92 valence electrons. The molecule has 0 aromatic rings. The molecule has 0 aromatic heterocycles. The Hall–Kier alpha value is 1.37. The van der Waals surface area contributed by atoms with E-state index in [1.54, 1.807) is 0 Å². The first-order valence-corrected chi connectivity index (χ1v) is 4.60. The van der Waals surface area contributed by atoms with Crippen LogP contribution in [0.3, 0.4) is 0 Å². The van der Waals surface area contributed by atoms with E-state index >= 15 is 0 Å². The second-order valence-corrected chi connectivity index (χ2v) is 3.66. The van der Waals surface area contributed by atoms with Crippen molar-refractivity contribution in [1.82, 2.24) is 4.90 Å². The number of carboxylic acids is 3. The van der Waals surface area contributed by atoms with Crippen LogP contribution in [0.15, 0.2) is 0 Å². The van der Waals surface area contributed by atoms with Gasteiger partial charge in [-0.25, -0.2) is 0 Å². The Morgan fingerprint density at radius 3 is 1.37 bits per heavy atom. The first kappa shape index (κ1) is 28.5. The summed E-state index contributed by atoms with van der Waals surface area (Å²) in [6.07, 6.45) is 0. The summed E-state index contributed by atoms with van der Waals surface area (Å²) >= 11 is 0. The van der Waals surface area contributed by atoms with Crippen LogP contribution in [-0.4, -0.2) is 41.9 Å². The van der Waals surface area contributed by atoms with Crippen molar-refractivity contribution in [2.75, 3.05) is 13.1 Å². The third-order valence-electron chi connectivity index (χ3n) is 1.93. The van der Waals surface area contributed by atoms with Gasteiger partial charge in [0.2, 0.25) is 0 Å². The Balaban J connectivity index is -0.000000375. The monoisotopic (exact) mass is 299 g/mol. The predicted molar refractivity (Wildman–Crippen MR) is 45.2 cm³/mol. The van der Waals surface area contributed by atoms with E-state index in [4.69, 9.17) is 0 Å². The Kier molecular flexibility index (Phi) is 21.5. The molecule has 0 bridgehead atoms. The molecule has 0 saturated heterocycles. The number of carbonyl (C=O) groups excluding carboxylic acids is 3. The number of aliphatic carboxylic acids is 3. The van der Waals surface area contributed by atoms with Crippen LogP contribution < -0.4 is 104 Å². The van der Waals surface area contributed by atoms with E-state index in [1.165, 1.54) is 13.8 Å². The largest absolute Gasteiger partial charge is 1.00 e. The van der Waals surface area contributed by atoms with Gasteiger partial charge in [-0.3, -0.25) is 4.90 Å². The summed E-state index contributed by atoms with van der Waals surface area (Å²) in [6, 6.07) is -1.31. The molecule has 7 nitrogen and oxygen atoms in total. The Morgan fingerprint density at radius 1 is 0.895 bits per heavy atom. The molecular formula is C9H12NNa3O6. The summed E-state index contributed by atoms with van der Waals surface area (Å²) in [5, 5.41) is 31.5. The third kappa shape index (κ3) is 12.8. The van der Waals surface area contributed by atoms with Crippen molar-refractivity contribution >= 4 is 17.9 Å². The first-order chi connectivity index (χ1) is 7.25. The zero-order chi connectivity index (χ0) is 12.9. The van der Waals surface area contributed by atoms with Gasteiger partial charge in [0, 0.05) is 13.1 Å². The topological polar surface area (TPSA) is 124 Å². The number of hydrogen-bond donors (Lipinski definition) is 0. The molecule has 0 radical (unpaired) electrons. The predicted octanol–water partition coefficient (Wildman–Crippen LogP) is -13.4. The van der Waals surface area contributed by atoms with E-state index < -0.39 is 43.0 Å². The van der Waals surface area contributed by atoms with Gasteiger partial charge in [-0.1, -0.05) is 13.8 Å². The van der Waals surface area contributed by atoms with Gasteiger partial charge in [0.05, 0.1) is 23.9 Å². The summed E-state index contributed by atoms with van der Waals surface area (Å²) in [5.74, 6) is -5.15. The van der Waals surface area contributed by atoms with Gasteiger partial charge < -0.3 is 29.7 Å². The minimum atomic E-state index is -1.56. The van der Waals surface area contributed by atoms with E-state index in [2.05, 4.69) is 0 Å². The minimum Gasteiger partial charge on any atom is -0.549 e. The average Bonchev–Trinajstić information content (AvgIpc) is 1.98. The van der Waals surface area contributed by atoms with Gasteiger partial charge >= 0.3 is 88.7 Å². The van der Waals surface area contributed by atoms with E-state index in [9.17, 15) is 29.7 Å². The molecule has 0 aromatic carbocycles. The van der Waals surface area contributed by atoms with Crippen LogP contribution in [0.2, 0.25) is 0 Å². The molecule has 0 aliphatic rings. The molecule has 19 heavy (non-hydrogen) atoms. The van der Waals surface area contributed by atoms with Gasteiger partial charge in [-0.2, -0.15) is 0 Å². The van der Waals surface area contributed by atoms with Gasteiger partial charge in [0.1, 0.15) is 0 Å². The molecule has 0 amide bonds. The van der Waals surface area contributed by atoms with E-state index in [0.717, 1.165) is 4.90 Å². The average molecular weight is 299 g/mol. The molecule has 0 heterocycles. The maximum atomic E-state index is 10.8. The van der Waals surface area contributed by atoms with Gasteiger partial charge in [0.15, 0.2) is 0 Å². The van der Waals surface area contributed by atoms with E-state index in [-0.39, 0.29) is 88.7 Å². The van der Waals surface area contributed by atoms with Crippen molar-refractivity contribution < 1.29 is 118 Å². The number of nitrogens with zero attached hydrogens (tertiary/aromatic N) is 1. The number of carboxylic acid groups (broad SMARTS) is 3. The molecular weight excluding hydrogens is 287 g/mol. The van der Waals surface area contributed by atoms with Crippen LogP contribution in [0.25, 0.3) is 0 Å². The van der Waals surface area contributed by atoms with Crippen molar-refractivity contribution in [2.45, 2.75) is 19.9 Å². The molecule has 1 atom stereocenters. The second kappa shape index (κ2) is 14.3. The summed E-state index contributed by atoms with van der Waals surface area (Å²) in [7, 11) is 0. The Labute approximate surface area is 178 Å². The quantitative estimate of drug-likeness (QED) is 0.427. The summed E-state index contributed by atoms with van der Waals surface area (Å²) < 4.78 is 0. The van der Waals surface area contributed by atoms with Crippen molar-refractivity contribution in [2.24, 2.45) is 5.92 Å². The van der Waals surface area contributed by atoms with Crippen molar-refractivity contribution in [3.63, 3.8) is 0 Å². The molecule has 0 unspecified atom stereocenters. The Bertz CT molecular complexity index is 284. The minimum absolute atomic E-state index is 0. The molecule has 0 aliphatic heterocycles. The van der Waals surface area contributed by atoms with Gasteiger partial charge in [-0.15, -0.1) is 0 Å². The van der Waals surface area contributed by atoms with Crippen LogP contribution in [0, 0.1) is 5.92 Å². The second-order valence-electron chi connectivity index (χ2n) is 3.66. The van der Waals surface area contributed by atoms with Gasteiger partial charge in [-0.05, 0) is 5.92 Å². The van der Waals surface area contributed by atoms with Crippen LogP contribution >= 0.6 is 0 Å². The number of carbonyl (C=O) groups is 3. The summed E-state index contributed by atoms with van der Waals surface area (Å²) in [4.78, 5) is 32.2. The fourth-order valence-electron chi connectivity index (χ4n) is 1.43. The molecule has 0 saturated carbocycles. The first-order valence-electron chi connectivity index (χ1n) is 4.60. The summed E-state index contributed by atoms with van der Waals surface area (Å²) in [6.45, 7) is 1.42. The van der Waals surface area contributed by atoms with E-state index in [1.807, 2.05) is 0 Å². The number of hydrogen-bond acceptors (Lipinski definition) is 7. The SMILES string of the molecule is CC(C)[C@@H](C(=O)[O-])N(CC(=O)[O-])CC(=O)[O-].[Na+].[Na+].[Na+]. The van der Waals surface area contributed by atoms with Crippen molar-refractivity contribution in [3.8, 4) is 0 Å². The zero-order valence-electron chi connectivity index (χ0n) is 12.0. The van der Waals surface area contributed by atoms with Crippen LogP contribution in [-0.2, 0) is 14.4 Å². The molecule has 10 heteroatoms. The summed E-state index contributed by atoms with van der Waals surface area (Å²) in [5.41, 5.74) is 0. The maximum absolute atomic E-state index is 10.8. The van der Waals surface area contributed by atoms with Crippen molar-refractivity contribution in [1.29, 1.82) is 0 Å². The molecule has 0 rings (SSSR count). The van der Waals surface area contributed by atoms with Crippen LogP contribution in [0.1, 0.15) is 13.8 Å². The molecule has 0 N–H and O–H groups in total. The van der Waals surface area contributed by atoms with E-state index in [0.29, 0.717) is 0 Å². The third-order valence-corrected chi connectivity index (χ3v) is 1.93. The molecule has 0 aliphatic carbocycles. The molecule has 0 spiro atoms. The molecule has 0 fully saturated rings. The maximum Gasteiger partial charge on any atom is 1.00 e. The normalized spacial score (nSPS) is 10.7. The number of rotatable bonds is 7. The fraction of sp³-hybridized carbons (Fsp3) is 0.667. The smallest absolute Gasteiger partial charge is 0.549 e. The fourth-order valence-corrected chi connectivity index (χ4v) is 1.43.